The summed E-state index contributed by atoms with van der Waals surface area (Å²) < 4.78 is 24.3. The van der Waals surface area contributed by atoms with Crippen molar-refractivity contribution in [2.45, 2.75) is 33.3 Å². The Bertz CT molecular complexity index is 825. The molecular weight excluding hydrogens is 377 g/mol. The van der Waals surface area contributed by atoms with Gasteiger partial charge in [-0.05, 0) is 39.8 Å². The third kappa shape index (κ3) is 5.43. The summed E-state index contributed by atoms with van der Waals surface area (Å²) in [5.74, 6) is -0.910. The third-order valence-electron chi connectivity index (χ3n) is 3.37. The normalized spacial score (nSPS) is 11.2. The van der Waals surface area contributed by atoms with Crippen molar-refractivity contribution < 1.29 is 23.2 Å². The number of amides is 2. The van der Waals surface area contributed by atoms with Gasteiger partial charge in [-0.3, -0.25) is 4.79 Å². The quantitative estimate of drug-likeness (QED) is 0.750. The van der Waals surface area contributed by atoms with Gasteiger partial charge in [0.2, 0.25) is 0 Å². The van der Waals surface area contributed by atoms with E-state index in [0.717, 1.165) is 0 Å². The van der Waals surface area contributed by atoms with Crippen LogP contribution in [0.5, 0.6) is 0 Å². The fourth-order valence-electron chi connectivity index (χ4n) is 2.28. The van der Waals surface area contributed by atoms with Crippen LogP contribution in [0.1, 0.15) is 36.9 Å². The molecule has 0 aliphatic heterocycles. The number of aryl methyl sites for hydroxylation is 1. The molecule has 0 aliphatic rings. The average molecular weight is 398 g/mol. The largest absolute Gasteiger partial charge is 0.444 e. The summed E-state index contributed by atoms with van der Waals surface area (Å²) in [7, 11) is 0. The van der Waals surface area contributed by atoms with Gasteiger partial charge in [-0.15, -0.1) is 0 Å². The van der Waals surface area contributed by atoms with E-state index in [1.807, 2.05) is 0 Å². The zero-order valence-corrected chi connectivity index (χ0v) is 16.2. The Balaban J connectivity index is 2.04. The maximum atomic E-state index is 14.2. The van der Waals surface area contributed by atoms with E-state index in [2.05, 4.69) is 15.8 Å². The smallest absolute Gasteiger partial charge is 0.407 e. The van der Waals surface area contributed by atoms with Crippen LogP contribution in [0.25, 0.3) is 11.3 Å². The van der Waals surface area contributed by atoms with E-state index < -0.39 is 23.4 Å². The molecule has 27 heavy (non-hydrogen) atoms. The van der Waals surface area contributed by atoms with Crippen molar-refractivity contribution in [2.75, 3.05) is 13.1 Å². The van der Waals surface area contributed by atoms with Gasteiger partial charge < -0.3 is 19.9 Å². The maximum absolute atomic E-state index is 14.2. The molecule has 0 bridgehead atoms. The number of alkyl carbamates (subject to hydrolysis) is 1. The summed E-state index contributed by atoms with van der Waals surface area (Å²) >= 11 is 6.05. The predicted molar refractivity (Wildman–Crippen MR) is 98.2 cm³/mol. The Morgan fingerprint density at radius 3 is 2.56 bits per heavy atom. The molecule has 0 saturated heterocycles. The molecule has 2 aromatic rings. The SMILES string of the molecule is Cc1onc(-c2c(F)cccc2Cl)c1C(=O)NCCNC(=O)OC(C)(C)C. The first-order valence-electron chi connectivity index (χ1n) is 8.26. The number of carbonyl (C=O) groups excluding carboxylic acids is 2. The summed E-state index contributed by atoms with van der Waals surface area (Å²) in [6.45, 7) is 7.07. The van der Waals surface area contributed by atoms with Gasteiger partial charge in [0.25, 0.3) is 5.91 Å². The van der Waals surface area contributed by atoms with Gasteiger partial charge in [-0.25, -0.2) is 9.18 Å². The molecule has 0 atom stereocenters. The first-order chi connectivity index (χ1) is 12.6. The Morgan fingerprint density at radius 1 is 1.26 bits per heavy atom. The topological polar surface area (TPSA) is 93.5 Å². The van der Waals surface area contributed by atoms with Crippen molar-refractivity contribution in [1.82, 2.24) is 15.8 Å². The number of aromatic nitrogens is 1. The lowest BCUT2D eigenvalue weighted by Crippen LogP contribution is -2.38. The number of hydrogen-bond donors (Lipinski definition) is 2. The van der Waals surface area contributed by atoms with Gasteiger partial charge in [0.15, 0.2) is 0 Å². The molecule has 0 unspecified atom stereocenters. The van der Waals surface area contributed by atoms with Crippen molar-refractivity contribution in [3.63, 3.8) is 0 Å². The lowest BCUT2D eigenvalue weighted by atomic mass is 10.0. The van der Waals surface area contributed by atoms with E-state index in [-0.39, 0.29) is 40.7 Å². The molecule has 1 aromatic carbocycles. The zero-order valence-electron chi connectivity index (χ0n) is 15.5. The molecule has 1 aromatic heterocycles. The van der Waals surface area contributed by atoms with Crippen LogP contribution in [0, 0.1) is 12.7 Å². The molecule has 2 N–H and O–H groups in total. The molecule has 7 nitrogen and oxygen atoms in total. The molecule has 0 fully saturated rings. The van der Waals surface area contributed by atoms with E-state index in [1.165, 1.54) is 18.2 Å². The number of hydrogen-bond acceptors (Lipinski definition) is 5. The minimum atomic E-state index is -0.614. The van der Waals surface area contributed by atoms with Crippen LogP contribution in [0.4, 0.5) is 9.18 Å². The summed E-state index contributed by atoms with van der Waals surface area (Å²) in [6, 6.07) is 4.17. The highest BCUT2D eigenvalue weighted by Crippen LogP contribution is 2.33. The van der Waals surface area contributed by atoms with E-state index in [1.54, 1.807) is 27.7 Å². The minimum Gasteiger partial charge on any atom is -0.444 e. The lowest BCUT2D eigenvalue weighted by Gasteiger charge is -2.19. The lowest BCUT2D eigenvalue weighted by molar-refractivity contribution is 0.0526. The standard InChI is InChI=1S/C18H21ClFN3O4/c1-10-13(15(23-27-10)14-11(19)6-5-7-12(14)20)16(24)21-8-9-22-17(25)26-18(2,3)4/h5-7H,8-9H2,1-4H3,(H,21,24)(H,22,25). The fourth-order valence-corrected chi connectivity index (χ4v) is 2.53. The molecule has 0 spiro atoms. The Labute approximate surface area is 161 Å². The Kier molecular flexibility index (Phi) is 6.43. The van der Waals surface area contributed by atoms with E-state index in [9.17, 15) is 14.0 Å². The first-order valence-corrected chi connectivity index (χ1v) is 8.63. The van der Waals surface area contributed by atoms with Gasteiger partial charge in [-0.2, -0.15) is 0 Å². The highest BCUT2D eigenvalue weighted by molar-refractivity contribution is 6.33. The van der Waals surface area contributed by atoms with Gasteiger partial charge in [-0.1, -0.05) is 22.8 Å². The fraction of sp³-hybridized carbons (Fsp3) is 0.389. The molecule has 1 heterocycles. The second-order valence-corrected chi connectivity index (χ2v) is 7.15. The number of nitrogens with one attached hydrogen (secondary N) is 2. The van der Waals surface area contributed by atoms with Crippen LogP contribution in [0.15, 0.2) is 22.7 Å². The van der Waals surface area contributed by atoms with Gasteiger partial charge in [0.1, 0.15) is 28.4 Å². The van der Waals surface area contributed by atoms with Crippen molar-refractivity contribution >= 4 is 23.6 Å². The van der Waals surface area contributed by atoms with Crippen LogP contribution in [-0.4, -0.2) is 35.8 Å². The zero-order chi connectivity index (χ0) is 20.2. The van der Waals surface area contributed by atoms with Gasteiger partial charge in [0, 0.05) is 13.1 Å². The van der Waals surface area contributed by atoms with E-state index in [4.69, 9.17) is 20.9 Å². The van der Waals surface area contributed by atoms with Crippen molar-refractivity contribution in [3.8, 4) is 11.3 Å². The summed E-state index contributed by atoms with van der Waals surface area (Å²) in [6.07, 6.45) is -0.586. The highest BCUT2D eigenvalue weighted by atomic mass is 35.5. The number of carbonyl (C=O) groups is 2. The van der Waals surface area contributed by atoms with E-state index >= 15 is 0 Å². The number of halogens is 2. The van der Waals surface area contributed by atoms with Gasteiger partial charge >= 0.3 is 6.09 Å². The van der Waals surface area contributed by atoms with Crippen LogP contribution in [-0.2, 0) is 4.74 Å². The van der Waals surface area contributed by atoms with Crippen LogP contribution >= 0.6 is 11.6 Å². The average Bonchev–Trinajstić information content (AvgIpc) is 2.91. The van der Waals surface area contributed by atoms with E-state index in [0.29, 0.717) is 0 Å². The second kappa shape index (κ2) is 8.39. The molecule has 0 radical (unpaired) electrons. The first kappa shape index (κ1) is 20.7. The monoisotopic (exact) mass is 397 g/mol. The molecule has 2 rings (SSSR count). The van der Waals surface area contributed by atoms with Crippen molar-refractivity contribution in [1.29, 1.82) is 0 Å². The number of benzene rings is 1. The second-order valence-electron chi connectivity index (χ2n) is 6.74. The Morgan fingerprint density at radius 2 is 1.93 bits per heavy atom. The molecule has 0 saturated carbocycles. The summed E-state index contributed by atoms with van der Waals surface area (Å²) in [4.78, 5) is 24.1. The number of rotatable bonds is 5. The van der Waals surface area contributed by atoms with Crippen LogP contribution in [0.3, 0.4) is 0 Å². The third-order valence-corrected chi connectivity index (χ3v) is 3.68. The summed E-state index contributed by atoms with van der Waals surface area (Å²) in [5, 5.41) is 9.03. The number of ether oxygens (including phenoxy) is 1. The highest BCUT2D eigenvalue weighted by Gasteiger charge is 2.25. The van der Waals surface area contributed by atoms with Crippen LogP contribution < -0.4 is 10.6 Å². The summed E-state index contributed by atoms with van der Waals surface area (Å²) in [5.41, 5.74) is -0.513. The van der Waals surface area contributed by atoms with Crippen LogP contribution in [0.2, 0.25) is 5.02 Å². The van der Waals surface area contributed by atoms with Crippen molar-refractivity contribution in [3.05, 3.63) is 40.4 Å². The maximum Gasteiger partial charge on any atom is 0.407 e. The molecule has 9 heteroatoms. The van der Waals surface area contributed by atoms with Crippen molar-refractivity contribution in [2.24, 2.45) is 0 Å². The Hall–Kier alpha value is -2.61. The molecular formula is C18H21ClFN3O4. The molecule has 146 valence electrons. The predicted octanol–water partition coefficient (Wildman–Crippen LogP) is 3.70. The number of nitrogens with zero attached hydrogens (tertiary/aromatic N) is 1. The molecule has 2 amide bonds. The minimum absolute atomic E-state index is 0.00644. The molecule has 0 aliphatic carbocycles. The van der Waals surface area contributed by atoms with Gasteiger partial charge in [0.05, 0.1) is 10.6 Å².